The molecule has 3 aromatic rings. The van der Waals surface area contributed by atoms with Gasteiger partial charge in [0.15, 0.2) is 5.82 Å². The molecule has 2 N–H and O–H groups in total. The summed E-state index contributed by atoms with van der Waals surface area (Å²) in [7, 11) is 0. The largest absolute Gasteiger partial charge is 0.349 e. The van der Waals surface area contributed by atoms with E-state index in [0.717, 1.165) is 33.8 Å². The van der Waals surface area contributed by atoms with E-state index in [9.17, 15) is 4.79 Å². The van der Waals surface area contributed by atoms with Crippen molar-refractivity contribution < 1.29 is 4.79 Å². The van der Waals surface area contributed by atoms with Gasteiger partial charge in [-0.15, -0.1) is 0 Å². The molecule has 1 atom stereocenters. The molecule has 0 aliphatic carbocycles. The number of nitrogens with one attached hydrogen (secondary N) is 2. The van der Waals surface area contributed by atoms with Gasteiger partial charge >= 0.3 is 0 Å². The summed E-state index contributed by atoms with van der Waals surface area (Å²) >= 11 is 0. The number of amides is 1. The highest BCUT2D eigenvalue weighted by Gasteiger charge is 2.15. The molecule has 0 aliphatic heterocycles. The number of carbonyl (C=O) groups excluding carboxylic acids is 1. The predicted octanol–water partition coefficient (Wildman–Crippen LogP) is 3.00. The molecule has 27 heavy (non-hydrogen) atoms. The smallest absolute Gasteiger partial charge is 0.220 e. The molecule has 0 radical (unpaired) electrons. The third-order valence-corrected chi connectivity index (χ3v) is 4.74. The van der Waals surface area contributed by atoms with E-state index in [-0.39, 0.29) is 11.9 Å². The number of hydrogen-bond acceptors (Lipinski definition) is 5. The maximum absolute atomic E-state index is 12.3. The van der Waals surface area contributed by atoms with E-state index in [1.165, 1.54) is 0 Å². The topological polar surface area (TPSA) is 96.5 Å². The lowest BCUT2D eigenvalue weighted by Gasteiger charge is -2.16. The molecule has 0 spiro atoms. The zero-order valence-electron chi connectivity index (χ0n) is 16.1. The van der Waals surface area contributed by atoms with Gasteiger partial charge in [-0.1, -0.05) is 0 Å². The number of pyridine rings is 1. The van der Waals surface area contributed by atoms with Crippen LogP contribution in [0.1, 0.15) is 47.6 Å². The average Bonchev–Trinajstić information content (AvgIpc) is 2.99. The SMILES string of the molecule is Cc1nc(-c2ccncc2)ncc1[C@@H](C)NC(=O)CCc1n[nH]c(C)c1C. The number of rotatable bonds is 6. The van der Waals surface area contributed by atoms with Crippen molar-refractivity contribution in [3.8, 4) is 11.4 Å². The lowest BCUT2D eigenvalue weighted by Crippen LogP contribution is -2.27. The van der Waals surface area contributed by atoms with E-state index in [1.54, 1.807) is 18.6 Å². The van der Waals surface area contributed by atoms with Crippen LogP contribution in [0.2, 0.25) is 0 Å². The van der Waals surface area contributed by atoms with Crippen molar-refractivity contribution in [2.75, 3.05) is 0 Å². The van der Waals surface area contributed by atoms with Crippen LogP contribution in [-0.2, 0) is 11.2 Å². The van der Waals surface area contributed by atoms with E-state index in [0.29, 0.717) is 18.7 Å². The van der Waals surface area contributed by atoms with Crippen LogP contribution in [0.15, 0.2) is 30.7 Å². The summed E-state index contributed by atoms with van der Waals surface area (Å²) in [5, 5.41) is 10.2. The Morgan fingerprint density at radius 1 is 1.22 bits per heavy atom. The fraction of sp³-hybridized carbons (Fsp3) is 0.350. The fourth-order valence-electron chi connectivity index (χ4n) is 2.94. The summed E-state index contributed by atoms with van der Waals surface area (Å²) in [4.78, 5) is 25.3. The second-order valence-electron chi connectivity index (χ2n) is 6.68. The predicted molar refractivity (Wildman–Crippen MR) is 103 cm³/mol. The second-order valence-corrected chi connectivity index (χ2v) is 6.68. The van der Waals surface area contributed by atoms with Gasteiger partial charge in [-0.05, 0) is 45.4 Å². The van der Waals surface area contributed by atoms with Crippen LogP contribution in [0.5, 0.6) is 0 Å². The van der Waals surface area contributed by atoms with Gasteiger partial charge in [-0.25, -0.2) is 9.97 Å². The Morgan fingerprint density at radius 3 is 2.59 bits per heavy atom. The van der Waals surface area contributed by atoms with Gasteiger partial charge in [0.25, 0.3) is 0 Å². The van der Waals surface area contributed by atoms with Crippen molar-refractivity contribution in [1.29, 1.82) is 0 Å². The van der Waals surface area contributed by atoms with Gasteiger partial charge < -0.3 is 5.32 Å². The maximum Gasteiger partial charge on any atom is 0.220 e. The number of hydrogen-bond donors (Lipinski definition) is 2. The van der Waals surface area contributed by atoms with Crippen molar-refractivity contribution in [1.82, 2.24) is 30.5 Å². The third-order valence-electron chi connectivity index (χ3n) is 4.74. The van der Waals surface area contributed by atoms with E-state index in [4.69, 9.17) is 0 Å². The van der Waals surface area contributed by atoms with Crippen LogP contribution >= 0.6 is 0 Å². The molecule has 0 aromatic carbocycles. The Morgan fingerprint density at radius 2 is 1.96 bits per heavy atom. The lowest BCUT2D eigenvalue weighted by molar-refractivity contribution is -0.121. The molecular weight excluding hydrogens is 340 g/mol. The molecule has 0 saturated carbocycles. The van der Waals surface area contributed by atoms with E-state index in [1.807, 2.05) is 39.8 Å². The van der Waals surface area contributed by atoms with Crippen molar-refractivity contribution in [3.63, 3.8) is 0 Å². The number of H-pyrrole nitrogens is 1. The Balaban J connectivity index is 1.62. The molecule has 0 fully saturated rings. The fourth-order valence-corrected chi connectivity index (χ4v) is 2.94. The molecule has 0 bridgehead atoms. The van der Waals surface area contributed by atoms with Crippen LogP contribution in [0.25, 0.3) is 11.4 Å². The number of nitrogens with zero attached hydrogens (tertiary/aromatic N) is 4. The first-order valence-corrected chi connectivity index (χ1v) is 8.99. The number of carbonyl (C=O) groups is 1. The van der Waals surface area contributed by atoms with Crippen LogP contribution in [0, 0.1) is 20.8 Å². The summed E-state index contributed by atoms with van der Waals surface area (Å²) < 4.78 is 0. The monoisotopic (exact) mass is 364 g/mol. The van der Waals surface area contributed by atoms with Gasteiger partial charge in [0, 0.05) is 53.9 Å². The molecule has 3 heterocycles. The second kappa shape index (κ2) is 8.07. The minimum absolute atomic E-state index is 0.0137. The van der Waals surface area contributed by atoms with Gasteiger partial charge in [0.2, 0.25) is 5.91 Å². The number of aromatic nitrogens is 5. The number of aromatic amines is 1. The van der Waals surface area contributed by atoms with Gasteiger partial charge in [-0.2, -0.15) is 5.10 Å². The van der Waals surface area contributed by atoms with Crippen molar-refractivity contribution in [3.05, 3.63) is 58.9 Å². The molecule has 0 unspecified atom stereocenters. The molecule has 3 aromatic heterocycles. The normalized spacial score (nSPS) is 12.0. The average molecular weight is 364 g/mol. The quantitative estimate of drug-likeness (QED) is 0.701. The Bertz CT molecular complexity index is 935. The van der Waals surface area contributed by atoms with Crippen LogP contribution in [-0.4, -0.2) is 31.1 Å². The summed E-state index contributed by atoms with van der Waals surface area (Å²) in [6.45, 7) is 7.87. The van der Waals surface area contributed by atoms with Crippen molar-refractivity contribution in [2.45, 2.75) is 46.6 Å². The molecule has 3 rings (SSSR count). The minimum atomic E-state index is -0.161. The van der Waals surface area contributed by atoms with E-state index < -0.39 is 0 Å². The van der Waals surface area contributed by atoms with Gasteiger partial charge in [-0.3, -0.25) is 14.9 Å². The summed E-state index contributed by atoms with van der Waals surface area (Å²) in [6, 6.07) is 3.59. The molecular formula is C20H24N6O. The standard InChI is InChI=1S/C20H24N6O/c1-12-13(2)25-26-18(12)5-6-19(27)23-14(3)17-11-22-20(24-15(17)4)16-7-9-21-10-8-16/h7-11,14H,5-6H2,1-4H3,(H,23,27)(H,25,26)/t14-/m1/s1. The molecule has 7 nitrogen and oxygen atoms in total. The molecule has 7 heteroatoms. The zero-order valence-corrected chi connectivity index (χ0v) is 16.1. The summed E-state index contributed by atoms with van der Waals surface area (Å²) in [5.74, 6) is 0.640. The highest BCUT2D eigenvalue weighted by atomic mass is 16.1. The molecule has 0 aliphatic rings. The first kappa shape index (κ1) is 18.7. The highest BCUT2D eigenvalue weighted by molar-refractivity contribution is 5.76. The first-order chi connectivity index (χ1) is 13.0. The Kier molecular flexibility index (Phi) is 5.59. The van der Waals surface area contributed by atoms with Crippen molar-refractivity contribution >= 4 is 5.91 Å². The van der Waals surface area contributed by atoms with Gasteiger partial charge in [0.05, 0.1) is 11.7 Å². The molecule has 1 amide bonds. The Hall–Kier alpha value is -3.09. The Labute approximate surface area is 158 Å². The molecule has 0 saturated heterocycles. The van der Waals surface area contributed by atoms with Crippen LogP contribution in [0.3, 0.4) is 0 Å². The zero-order chi connectivity index (χ0) is 19.4. The number of aryl methyl sites for hydroxylation is 3. The van der Waals surface area contributed by atoms with Crippen LogP contribution in [0.4, 0.5) is 0 Å². The lowest BCUT2D eigenvalue weighted by atomic mass is 10.1. The van der Waals surface area contributed by atoms with E-state index >= 15 is 0 Å². The maximum atomic E-state index is 12.3. The highest BCUT2D eigenvalue weighted by Crippen LogP contribution is 2.19. The minimum Gasteiger partial charge on any atom is -0.349 e. The van der Waals surface area contributed by atoms with Crippen molar-refractivity contribution in [2.24, 2.45) is 0 Å². The van der Waals surface area contributed by atoms with E-state index in [2.05, 4.69) is 30.5 Å². The third kappa shape index (κ3) is 4.36. The van der Waals surface area contributed by atoms with Gasteiger partial charge in [0.1, 0.15) is 0 Å². The first-order valence-electron chi connectivity index (χ1n) is 8.99. The summed E-state index contributed by atoms with van der Waals surface area (Å²) in [6.07, 6.45) is 6.22. The molecule has 140 valence electrons. The van der Waals surface area contributed by atoms with Crippen LogP contribution < -0.4 is 5.32 Å². The summed E-state index contributed by atoms with van der Waals surface area (Å²) in [5.41, 5.74) is 5.78.